The number of hydrogen-bond acceptors (Lipinski definition) is 9. The number of hydrogen-bond donors (Lipinski definition) is 1. The van der Waals surface area contributed by atoms with E-state index >= 15 is 0 Å². The molecule has 0 saturated heterocycles. The van der Waals surface area contributed by atoms with Crippen molar-refractivity contribution in [1.29, 1.82) is 0 Å². The van der Waals surface area contributed by atoms with Crippen molar-refractivity contribution in [3.63, 3.8) is 0 Å². The van der Waals surface area contributed by atoms with Gasteiger partial charge in [-0.05, 0) is 31.2 Å². The molecule has 3 rings (SSSR count). The second-order valence-corrected chi connectivity index (χ2v) is 7.29. The normalized spacial score (nSPS) is 10.5. The minimum Gasteiger partial charge on any atom is -0.466 e. The highest BCUT2D eigenvalue weighted by Crippen LogP contribution is 2.20. The number of carbonyl (C=O) groups is 2. The smallest absolute Gasteiger partial charge is 0.311 e. The number of aromatic nitrogens is 4. The maximum absolute atomic E-state index is 12.1. The van der Waals surface area contributed by atoms with Gasteiger partial charge in [-0.15, -0.1) is 21.5 Å². The van der Waals surface area contributed by atoms with Crippen LogP contribution in [0.15, 0.2) is 46.9 Å². The van der Waals surface area contributed by atoms with Gasteiger partial charge in [0.15, 0.2) is 5.13 Å². The summed E-state index contributed by atoms with van der Waals surface area (Å²) in [6.07, 6.45) is 1.79. The van der Waals surface area contributed by atoms with Gasteiger partial charge in [0.25, 0.3) is 0 Å². The van der Waals surface area contributed by atoms with Crippen LogP contribution in [0, 0.1) is 0 Å². The summed E-state index contributed by atoms with van der Waals surface area (Å²) in [4.78, 5) is 32.0. The number of pyridine rings is 1. The average Bonchev–Trinajstić information content (AvgIpc) is 3.14. The lowest BCUT2D eigenvalue weighted by Crippen LogP contribution is -2.14. The summed E-state index contributed by atoms with van der Waals surface area (Å²) < 4.78 is 4.88. The van der Waals surface area contributed by atoms with Crippen LogP contribution in [0.5, 0.6) is 0 Å². The number of rotatable bonds is 8. The second kappa shape index (κ2) is 9.90. The minimum absolute atomic E-state index is 0.0904. The first-order valence-electron chi connectivity index (χ1n) is 8.42. The number of amides is 1. The van der Waals surface area contributed by atoms with Crippen molar-refractivity contribution in [1.82, 2.24) is 20.2 Å². The summed E-state index contributed by atoms with van der Waals surface area (Å²) in [7, 11) is 0. The van der Waals surface area contributed by atoms with Crippen molar-refractivity contribution in [2.75, 3.05) is 17.7 Å². The van der Waals surface area contributed by atoms with Crippen LogP contribution in [0.25, 0.3) is 11.4 Å². The summed E-state index contributed by atoms with van der Waals surface area (Å²) in [5, 5.41) is 13.8. The molecule has 0 bridgehead atoms. The predicted octanol–water partition coefficient (Wildman–Crippen LogP) is 2.83. The van der Waals surface area contributed by atoms with Crippen LogP contribution in [0.1, 0.15) is 12.6 Å². The molecule has 0 fully saturated rings. The Labute approximate surface area is 169 Å². The van der Waals surface area contributed by atoms with Gasteiger partial charge in [0.05, 0.1) is 30.2 Å². The molecule has 0 aliphatic carbocycles. The van der Waals surface area contributed by atoms with Gasteiger partial charge >= 0.3 is 5.97 Å². The molecule has 0 saturated carbocycles. The maximum atomic E-state index is 12.1. The van der Waals surface area contributed by atoms with E-state index in [1.165, 1.54) is 23.1 Å². The molecule has 10 heteroatoms. The first kappa shape index (κ1) is 19.9. The second-order valence-electron chi connectivity index (χ2n) is 5.43. The summed E-state index contributed by atoms with van der Waals surface area (Å²) in [6, 6.07) is 9.19. The lowest BCUT2D eigenvalue weighted by atomic mass is 10.2. The monoisotopic (exact) mass is 415 g/mol. The Balaban J connectivity index is 1.48. The quantitative estimate of drug-likeness (QED) is 0.442. The molecule has 3 aromatic rings. The topological polar surface area (TPSA) is 107 Å². The van der Waals surface area contributed by atoms with E-state index in [2.05, 4.69) is 25.5 Å². The zero-order valence-corrected chi connectivity index (χ0v) is 16.6. The third kappa shape index (κ3) is 5.83. The zero-order valence-electron chi connectivity index (χ0n) is 15.0. The maximum Gasteiger partial charge on any atom is 0.311 e. The fraction of sp³-hybridized carbons (Fsp3) is 0.222. The fourth-order valence-electron chi connectivity index (χ4n) is 2.15. The average molecular weight is 416 g/mol. The number of thiazole rings is 1. The Morgan fingerprint density at radius 1 is 1.18 bits per heavy atom. The number of thioether (sulfide) groups is 1. The Morgan fingerprint density at radius 3 is 2.79 bits per heavy atom. The Morgan fingerprint density at radius 2 is 2.07 bits per heavy atom. The number of nitrogens with zero attached hydrogens (tertiary/aromatic N) is 4. The lowest BCUT2D eigenvalue weighted by Gasteiger charge is -2.03. The first-order valence-corrected chi connectivity index (χ1v) is 10.3. The molecule has 0 radical (unpaired) electrons. The molecular formula is C18H17N5O3S2. The van der Waals surface area contributed by atoms with Crippen molar-refractivity contribution in [3.8, 4) is 11.4 Å². The molecule has 0 aliphatic heterocycles. The van der Waals surface area contributed by atoms with Crippen molar-refractivity contribution < 1.29 is 14.3 Å². The molecule has 0 spiro atoms. The van der Waals surface area contributed by atoms with E-state index in [1.807, 2.05) is 24.3 Å². The van der Waals surface area contributed by atoms with E-state index in [1.54, 1.807) is 24.6 Å². The SMILES string of the molecule is CCOC(=O)Cc1csc(NC(=O)CSc2ccc(-c3ccccn3)nn2)n1. The summed E-state index contributed by atoms with van der Waals surface area (Å²) in [5.41, 5.74) is 1.99. The van der Waals surface area contributed by atoms with Gasteiger partial charge in [-0.2, -0.15) is 0 Å². The van der Waals surface area contributed by atoms with Crippen LogP contribution in [-0.2, 0) is 20.7 Å². The number of esters is 1. The Hall–Kier alpha value is -2.85. The van der Waals surface area contributed by atoms with Gasteiger partial charge in [-0.3, -0.25) is 14.6 Å². The minimum atomic E-state index is -0.339. The molecule has 0 aromatic carbocycles. The van der Waals surface area contributed by atoms with Crippen LogP contribution in [-0.4, -0.2) is 44.4 Å². The van der Waals surface area contributed by atoms with Crippen LogP contribution < -0.4 is 5.32 Å². The van der Waals surface area contributed by atoms with E-state index in [0.29, 0.717) is 28.2 Å². The summed E-state index contributed by atoms with van der Waals surface area (Å²) in [5.74, 6) is -0.378. The summed E-state index contributed by atoms with van der Waals surface area (Å²) >= 11 is 2.54. The van der Waals surface area contributed by atoms with E-state index in [-0.39, 0.29) is 24.1 Å². The highest BCUT2D eigenvalue weighted by molar-refractivity contribution is 7.99. The van der Waals surface area contributed by atoms with E-state index in [4.69, 9.17) is 4.74 Å². The molecule has 0 atom stereocenters. The van der Waals surface area contributed by atoms with Gasteiger partial charge in [-0.25, -0.2) is 4.98 Å². The predicted molar refractivity (Wildman–Crippen MR) is 107 cm³/mol. The third-order valence-electron chi connectivity index (χ3n) is 3.35. The number of ether oxygens (including phenoxy) is 1. The standard InChI is InChI=1S/C18H17N5O3S2/c1-2-26-17(25)9-12-10-28-18(20-12)21-15(24)11-27-16-7-6-14(22-23-16)13-5-3-4-8-19-13/h3-8,10H,2,9,11H2,1H3,(H,20,21,24). The van der Waals surface area contributed by atoms with Crippen LogP contribution in [0.4, 0.5) is 5.13 Å². The first-order chi connectivity index (χ1) is 13.6. The van der Waals surface area contributed by atoms with Gasteiger partial charge in [0, 0.05) is 11.6 Å². The van der Waals surface area contributed by atoms with Crippen LogP contribution >= 0.6 is 23.1 Å². The van der Waals surface area contributed by atoms with E-state index in [0.717, 1.165) is 5.69 Å². The molecule has 0 aliphatic rings. The molecule has 3 heterocycles. The van der Waals surface area contributed by atoms with Gasteiger partial charge in [0.1, 0.15) is 10.7 Å². The number of anilines is 1. The summed E-state index contributed by atoms with van der Waals surface area (Å²) in [6.45, 7) is 2.08. The lowest BCUT2D eigenvalue weighted by molar-refractivity contribution is -0.142. The number of carbonyl (C=O) groups excluding carboxylic acids is 2. The van der Waals surface area contributed by atoms with Crippen LogP contribution in [0.3, 0.4) is 0 Å². The van der Waals surface area contributed by atoms with Crippen molar-refractivity contribution in [3.05, 3.63) is 47.6 Å². The third-order valence-corrected chi connectivity index (χ3v) is 5.07. The molecule has 28 heavy (non-hydrogen) atoms. The van der Waals surface area contributed by atoms with Crippen molar-refractivity contribution in [2.45, 2.75) is 18.4 Å². The van der Waals surface area contributed by atoms with Gasteiger partial charge in [0.2, 0.25) is 5.91 Å². The molecule has 0 unspecified atom stereocenters. The van der Waals surface area contributed by atoms with E-state index < -0.39 is 0 Å². The van der Waals surface area contributed by atoms with Gasteiger partial charge < -0.3 is 10.1 Å². The van der Waals surface area contributed by atoms with Crippen molar-refractivity contribution >= 4 is 40.1 Å². The Kier molecular flexibility index (Phi) is 7.04. The highest BCUT2D eigenvalue weighted by Gasteiger charge is 2.11. The molecule has 1 amide bonds. The fourth-order valence-corrected chi connectivity index (χ4v) is 3.49. The van der Waals surface area contributed by atoms with Crippen LogP contribution in [0.2, 0.25) is 0 Å². The molecular weight excluding hydrogens is 398 g/mol. The molecule has 3 aromatic heterocycles. The zero-order chi connectivity index (χ0) is 19.8. The highest BCUT2D eigenvalue weighted by atomic mass is 32.2. The molecule has 1 N–H and O–H groups in total. The van der Waals surface area contributed by atoms with Crippen molar-refractivity contribution in [2.24, 2.45) is 0 Å². The molecule has 144 valence electrons. The number of nitrogens with one attached hydrogen (secondary N) is 1. The van der Waals surface area contributed by atoms with Gasteiger partial charge in [-0.1, -0.05) is 17.8 Å². The largest absolute Gasteiger partial charge is 0.466 e. The molecule has 8 nitrogen and oxygen atoms in total. The van der Waals surface area contributed by atoms with E-state index in [9.17, 15) is 9.59 Å². The Bertz CT molecular complexity index is 932.